The van der Waals surface area contributed by atoms with Gasteiger partial charge in [-0.25, -0.2) is 0 Å². The molecule has 0 spiro atoms. The Balaban J connectivity index is 0.00000353. The average molecular weight is 603 g/mol. The minimum atomic E-state index is -0.257. The molecular weight excluding hydrogens is 568 g/mol. The maximum atomic E-state index is 13.4. The molecule has 216 valence electrons. The van der Waals surface area contributed by atoms with Crippen LogP contribution < -0.4 is 25.7 Å². The topological polar surface area (TPSA) is 99.8 Å². The molecule has 42 heavy (non-hydrogen) atoms. The number of carbonyl (C=O) groups excluding carboxylic acids is 2. The molecule has 2 aliphatic heterocycles. The quantitative estimate of drug-likeness (QED) is 0.313. The molecule has 0 amide bonds. The summed E-state index contributed by atoms with van der Waals surface area (Å²) in [6, 6.07) is 0. The second-order valence-corrected chi connectivity index (χ2v) is 11.3. The number of ether oxygens (including phenoxy) is 1. The molecule has 0 aromatic carbocycles. The Kier molecular flexibility index (Phi) is 7.90. The number of carbonyl (C=O) groups is 2. The Hall–Kier alpha value is -3.74. The van der Waals surface area contributed by atoms with Crippen LogP contribution in [-0.4, -0.2) is 18.9 Å². The van der Waals surface area contributed by atoms with E-state index in [1.165, 1.54) is 7.11 Å². The Morgan fingerprint density at radius 1 is 1.02 bits per heavy atom. The van der Waals surface area contributed by atoms with Gasteiger partial charge in [-0.15, -0.1) is 33.5 Å². The number of allylic oxidation sites excluding steroid dienone is 3. The van der Waals surface area contributed by atoms with Gasteiger partial charge in [0, 0.05) is 18.4 Å². The van der Waals surface area contributed by atoms with Gasteiger partial charge in [0.05, 0.1) is 7.11 Å². The number of hydrogen-bond donors (Lipinski definition) is 0. The van der Waals surface area contributed by atoms with Crippen molar-refractivity contribution < 1.29 is 31.4 Å². The molecule has 2 unspecified atom stereocenters. The van der Waals surface area contributed by atoms with Crippen LogP contribution in [-0.2, 0) is 33.0 Å². The molecule has 3 aromatic heterocycles. The van der Waals surface area contributed by atoms with Crippen molar-refractivity contribution in [2.75, 3.05) is 7.11 Å². The first-order valence-corrected chi connectivity index (χ1v) is 14.3. The molecule has 8 heteroatoms. The predicted octanol–water partition coefficient (Wildman–Crippen LogP) is 4.59. The molecule has 0 saturated carbocycles. The van der Waals surface area contributed by atoms with Gasteiger partial charge in [0.2, 0.25) is 0 Å². The van der Waals surface area contributed by atoms with E-state index in [1.807, 2.05) is 31.2 Å². The van der Waals surface area contributed by atoms with E-state index in [4.69, 9.17) is 25.0 Å². The molecule has 8 bridgehead atoms. The van der Waals surface area contributed by atoms with Gasteiger partial charge in [0.25, 0.3) is 0 Å². The van der Waals surface area contributed by atoms with E-state index in [2.05, 4.69) is 34.3 Å². The van der Waals surface area contributed by atoms with Crippen LogP contribution in [0.15, 0.2) is 18.0 Å². The van der Waals surface area contributed by atoms with Gasteiger partial charge in [-0.2, -0.15) is 11.4 Å². The number of fused-ring (bicyclic) bond motifs is 7. The van der Waals surface area contributed by atoms with Crippen molar-refractivity contribution in [3.05, 3.63) is 90.1 Å². The maximum Gasteiger partial charge on any atom is 4.00 e. The Labute approximate surface area is 256 Å². The molecular formula is C34H34FeN4O3. The summed E-state index contributed by atoms with van der Waals surface area (Å²) in [6.45, 7) is 14.4. The second kappa shape index (κ2) is 11.2. The van der Waals surface area contributed by atoms with Crippen molar-refractivity contribution in [3.63, 3.8) is 0 Å². The number of rotatable bonds is 5. The average Bonchev–Trinajstić information content (AvgIpc) is 3.70. The number of esters is 1. The van der Waals surface area contributed by atoms with Gasteiger partial charge < -0.3 is 25.0 Å². The SMILES string of the molecule is C=Cc1c2[n-]c(c1C)/C=C1\[N-]/C(=C3/CC(=O)c4c3[n-]c(c4C)/C=c3\[n-]/c(c(C)c3CC)=C\2)C(CCC(=O)OC)C1C.[Fe+4]. The van der Waals surface area contributed by atoms with Crippen LogP contribution in [0.4, 0.5) is 0 Å². The van der Waals surface area contributed by atoms with Crippen molar-refractivity contribution in [2.45, 2.75) is 60.3 Å². The summed E-state index contributed by atoms with van der Waals surface area (Å²) >= 11 is 0. The number of Topliss-reactive ketones (excluding diaryl/α,β-unsaturated/α-hetero) is 1. The fraction of sp³-hybridized carbons (Fsp3) is 0.353. The standard InChI is InChI=1S/C34H35N4O3.Fe/c1-8-20-16(3)24-13-26-18(5)22(10-11-31(40)41-7)33(37-26)23-12-30(39)32-19(6)27(38-34(23)32)15-29-21(9-2)17(4)25(36-29)14-28(20)35-24;/h8,13-15,18,22H,1,9-12H2,2-7H3,(H-,37,38,39);/q-3;+4/p-1/b25-14-,26-13-,29-15-;. The van der Waals surface area contributed by atoms with Crippen LogP contribution >= 0.6 is 0 Å². The summed E-state index contributed by atoms with van der Waals surface area (Å²) in [7, 11) is 1.41. The number of ketones is 1. The zero-order valence-electron chi connectivity index (χ0n) is 24.9. The maximum absolute atomic E-state index is 13.4. The Morgan fingerprint density at radius 2 is 1.74 bits per heavy atom. The van der Waals surface area contributed by atoms with Crippen molar-refractivity contribution in [1.29, 1.82) is 0 Å². The predicted molar refractivity (Wildman–Crippen MR) is 160 cm³/mol. The van der Waals surface area contributed by atoms with Crippen molar-refractivity contribution >= 4 is 41.6 Å². The number of hydrogen-bond acceptors (Lipinski definition) is 3. The van der Waals surface area contributed by atoms with Gasteiger partial charge in [-0.05, 0) is 51.0 Å². The number of nitrogens with zero attached hydrogens (tertiary/aromatic N) is 4. The van der Waals surface area contributed by atoms with E-state index in [9.17, 15) is 9.59 Å². The molecule has 2 atom stereocenters. The zero-order chi connectivity index (χ0) is 29.2. The van der Waals surface area contributed by atoms with E-state index < -0.39 is 0 Å². The molecule has 3 aliphatic rings. The van der Waals surface area contributed by atoms with Crippen LogP contribution in [0.1, 0.15) is 94.1 Å². The summed E-state index contributed by atoms with van der Waals surface area (Å²) in [5.41, 5.74) is 11.5. The minimum Gasteiger partial charge on any atom is -0.664 e. The van der Waals surface area contributed by atoms with E-state index in [0.717, 1.165) is 79.0 Å². The van der Waals surface area contributed by atoms with Crippen molar-refractivity contribution in [1.82, 2.24) is 15.0 Å². The van der Waals surface area contributed by atoms with E-state index >= 15 is 0 Å². The molecule has 1 fully saturated rings. The molecule has 0 radical (unpaired) electrons. The molecule has 7 nitrogen and oxygen atoms in total. The van der Waals surface area contributed by atoms with E-state index in [1.54, 1.807) is 0 Å². The summed E-state index contributed by atoms with van der Waals surface area (Å²) in [5.74, 6) is -0.233. The van der Waals surface area contributed by atoms with Crippen LogP contribution in [0.5, 0.6) is 0 Å². The fourth-order valence-corrected chi connectivity index (χ4v) is 6.64. The third kappa shape index (κ3) is 4.58. The van der Waals surface area contributed by atoms with Crippen LogP contribution in [0.2, 0.25) is 0 Å². The largest absolute Gasteiger partial charge is 4.00 e. The second-order valence-electron chi connectivity index (χ2n) is 11.3. The van der Waals surface area contributed by atoms with E-state index in [0.29, 0.717) is 17.7 Å². The molecule has 6 rings (SSSR count). The third-order valence-corrected chi connectivity index (χ3v) is 9.08. The van der Waals surface area contributed by atoms with Gasteiger partial charge in [0.15, 0.2) is 5.78 Å². The van der Waals surface area contributed by atoms with Crippen LogP contribution in [0.25, 0.3) is 35.2 Å². The first-order chi connectivity index (χ1) is 19.7. The molecule has 0 N–H and O–H groups in total. The van der Waals surface area contributed by atoms with Gasteiger partial charge in [0.1, 0.15) is 0 Å². The van der Waals surface area contributed by atoms with E-state index in [-0.39, 0.29) is 53.5 Å². The first-order valence-electron chi connectivity index (χ1n) is 14.3. The third-order valence-electron chi connectivity index (χ3n) is 9.08. The molecule has 1 aliphatic carbocycles. The van der Waals surface area contributed by atoms with Gasteiger partial charge in [-0.3, -0.25) is 9.59 Å². The molecule has 5 heterocycles. The van der Waals surface area contributed by atoms with Crippen LogP contribution in [0.3, 0.4) is 0 Å². The smallest absolute Gasteiger partial charge is 0.664 e. The summed E-state index contributed by atoms with van der Waals surface area (Å²) in [4.78, 5) is 40.6. The number of aromatic nitrogens is 3. The zero-order valence-corrected chi connectivity index (χ0v) is 26.0. The fourth-order valence-electron chi connectivity index (χ4n) is 6.64. The normalized spacial score (nSPS) is 23.2. The molecule has 3 aromatic rings. The minimum absolute atomic E-state index is 0. The summed E-state index contributed by atoms with van der Waals surface area (Å²) in [6.07, 6.45) is 9.87. The van der Waals surface area contributed by atoms with Gasteiger partial charge in [-0.1, -0.05) is 72.6 Å². The molecule has 1 saturated heterocycles. The van der Waals surface area contributed by atoms with Crippen molar-refractivity contribution in [3.8, 4) is 0 Å². The number of methoxy groups -OCH3 is 1. The summed E-state index contributed by atoms with van der Waals surface area (Å²) in [5, 5.41) is 6.89. The monoisotopic (exact) mass is 602 g/mol. The first kappa shape index (κ1) is 29.7. The van der Waals surface area contributed by atoms with Gasteiger partial charge >= 0.3 is 23.0 Å². The van der Waals surface area contributed by atoms with Crippen LogP contribution in [0, 0.1) is 32.6 Å². The Morgan fingerprint density at radius 3 is 2.43 bits per heavy atom. The summed E-state index contributed by atoms with van der Waals surface area (Å²) < 4.78 is 4.95. The van der Waals surface area contributed by atoms with Crippen molar-refractivity contribution in [2.24, 2.45) is 11.8 Å². The Bertz CT molecular complexity index is 1830.